The average Bonchev–Trinajstić information content (AvgIpc) is 2.60. The van der Waals surface area contributed by atoms with Gasteiger partial charge in [0.2, 0.25) is 5.88 Å². The monoisotopic (exact) mass is 343 g/mol. The third-order valence-electron chi connectivity index (χ3n) is 4.43. The Morgan fingerprint density at radius 3 is 2.80 bits per heavy atom. The summed E-state index contributed by atoms with van der Waals surface area (Å²) >= 11 is 0. The van der Waals surface area contributed by atoms with E-state index in [1.165, 1.54) is 0 Å². The normalized spacial score (nSPS) is 20.1. The number of Topliss-reactive ketones (excluding diaryl/α,β-unsaturated/α-hetero) is 1. The summed E-state index contributed by atoms with van der Waals surface area (Å²) in [6.07, 6.45) is 1.74. The van der Waals surface area contributed by atoms with Crippen LogP contribution in [-0.4, -0.2) is 25.5 Å². The zero-order valence-electron chi connectivity index (χ0n) is 14.3. The van der Waals surface area contributed by atoms with Crippen LogP contribution in [-0.2, 0) is 19.1 Å². The van der Waals surface area contributed by atoms with Crippen LogP contribution in [0.5, 0.6) is 5.75 Å². The van der Waals surface area contributed by atoms with Gasteiger partial charge in [-0.3, -0.25) is 4.79 Å². The molecule has 2 N–H and O–H groups in total. The third-order valence-corrected chi connectivity index (χ3v) is 4.43. The number of nitrogens with two attached hydrogens (primary N) is 1. The largest absolute Gasteiger partial charge is 0.496 e. The number of benzene rings is 1. The van der Waals surface area contributed by atoms with E-state index in [9.17, 15) is 9.59 Å². The number of ketones is 1. The van der Waals surface area contributed by atoms with Gasteiger partial charge in [-0.15, -0.1) is 0 Å². The SMILES string of the molecule is CCOC(=O)C1=C(N)OC2=C(C(=O)CCC2)[C@H]1c1ccccc1OC. The first-order valence-electron chi connectivity index (χ1n) is 8.32. The first kappa shape index (κ1) is 17.1. The molecule has 1 aliphatic carbocycles. The molecule has 3 rings (SSSR count). The topological polar surface area (TPSA) is 87.9 Å². The summed E-state index contributed by atoms with van der Waals surface area (Å²) < 4.78 is 16.2. The van der Waals surface area contributed by atoms with Crippen LogP contribution in [0, 0.1) is 0 Å². The van der Waals surface area contributed by atoms with Crippen LogP contribution >= 0.6 is 0 Å². The van der Waals surface area contributed by atoms with Crippen LogP contribution in [0.3, 0.4) is 0 Å². The maximum atomic E-state index is 12.7. The summed E-state index contributed by atoms with van der Waals surface area (Å²) in [6.45, 7) is 1.92. The van der Waals surface area contributed by atoms with Crippen molar-refractivity contribution in [3.63, 3.8) is 0 Å². The molecule has 6 nitrogen and oxygen atoms in total. The van der Waals surface area contributed by atoms with Gasteiger partial charge in [0, 0.05) is 24.0 Å². The van der Waals surface area contributed by atoms with Crippen LogP contribution in [0.25, 0.3) is 0 Å². The van der Waals surface area contributed by atoms with Gasteiger partial charge in [-0.1, -0.05) is 18.2 Å². The molecule has 0 saturated carbocycles. The molecule has 1 aliphatic heterocycles. The number of hydrogen-bond acceptors (Lipinski definition) is 6. The number of ether oxygens (including phenoxy) is 3. The number of methoxy groups -OCH3 is 1. The molecule has 0 amide bonds. The van der Waals surface area contributed by atoms with Crippen molar-refractivity contribution in [3.05, 3.63) is 52.6 Å². The standard InChI is InChI=1S/C19H21NO5/c1-3-24-19(22)17-15(11-7-4-5-9-13(11)23-2)16-12(21)8-6-10-14(16)25-18(17)20/h4-5,7,9,15H,3,6,8,10,20H2,1-2H3/t15-/m1/s1. The van der Waals surface area contributed by atoms with E-state index < -0.39 is 11.9 Å². The van der Waals surface area contributed by atoms with Crippen LogP contribution in [0.2, 0.25) is 0 Å². The van der Waals surface area contributed by atoms with E-state index in [4.69, 9.17) is 19.9 Å². The highest BCUT2D eigenvalue weighted by Gasteiger charge is 2.42. The van der Waals surface area contributed by atoms with Crippen molar-refractivity contribution in [3.8, 4) is 5.75 Å². The maximum absolute atomic E-state index is 12.7. The van der Waals surface area contributed by atoms with E-state index in [2.05, 4.69) is 0 Å². The highest BCUT2D eigenvalue weighted by atomic mass is 16.5. The van der Waals surface area contributed by atoms with Crippen molar-refractivity contribution in [2.75, 3.05) is 13.7 Å². The van der Waals surface area contributed by atoms with Crippen LogP contribution in [0.4, 0.5) is 0 Å². The molecular formula is C19H21NO5. The first-order valence-corrected chi connectivity index (χ1v) is 8.32. The van der Waals surface area contributed by atoms with Crippen LogP contribution in [0.15, 0.2) is 47.1 Å². The van der Waals surface area contributed by atoms with E-state index in [0.717, 1.165) is 0 Å². The zero-order chi connectivity index (χ0) is 18.0. The van der Waals surface area contributed by atoms with Gasteiger partial charge in [-0.2, -0.15) is 0 Å². The second kappa shape index (κ2) is 7.01. The van der Waals surface area contributed by atoms with Crippen molar-refractivity contribution < 1.29 is 23.8 Å². The summed E-state index contributed by atoms with van der Waals surface area (Å²) in [6, 6.07) is 7.28. The minimum Gasteiger partial charge on any atom is -0.496 e. The Labute approximate surface area is 146 Å². The second-order valence-corrected chi connectivity index (χ2v) is 5.89. The van der Waals surface area contributed by atoms with Gasteiger partial charge in [0.15, 0.2) is 5.78 Å². The van der Waals surface area contributed by atoms with Crippen LogP contribution < -0.4 is 10.5 Å². The molecule has 1 heterocycles. The van der Waals surface area contributed by atoms with E-state index in [1.807, 2.05) is 18.2 Å². The molecule has 2 aliphatic rings. The van der Waals surface area contributed by atoms with E-state index >= 15 is 0 Å². The molecule has 0 saturated heterocycles. The Balaban J connectivity index is 2.21. The predicted octanol–water partition coefficient (Wildman–Crippen LogP) is 2.55. The maximum Gasteiger partial charge on any atom is 0.340 e. The van der Waals surface area contributed by atoms with Gasteiger partial charge in [0.25, 0.3) is 0 Å². The minimum absolute atomic E-state index is 0.0113. The molecule has 6 heteroatoms. The Hall–Kier alpha value is -2.76. The Morgan fingerprint density at radius 1 is 1.32 bits per heavy atom. The molecule has 0 radical (unpaired) electrons. The lowest BCUT2D eigenvalue weighted by Crippen LogP contribution is -2.31. The van der Waals surface area contributed by atoms with Gasteiger partial charge in [0.05, 0.1) is 19.6 Å². The number of carbonyl (C=O) groups excluding carboxylic acids is 2. The zero-order valence-corrected chi connectivity index (χ0v) is 14.3. The molecule has 1 atom stereocenters. The number of rotatable bonds is 4. The predicted molar refractivity (Wildman–Crippen MR) is 90.6 cm³/mol. The number of para-hydroxylation sites is 1. The van der Waals surface area contributed by atoms with Gasteiger partial charge < -0.3 is 19.9 Å². The summed E-state index contributed by atoms with van der Waals surface area (Å²) in [5.74, 6) is -0.159. The molecule has 0 spiro atoms. The minimum atomic E-state index is -0.647. The third kappa shape index (κ3) is 2.99. The highest BCUT2D eigenvalue weighted by Crippen LogP contribution is 2.46. The Bertz CT molecular complexity index is 778. The molecule has 25 heavy (non-hydrogen) atoms. The van der Waals surface area contributed by atoms with Crippen LogP contribution in [0.1, 0.15) is 37.7 Å². The summed E-state index contributed by atoms with van der Waals surface area (Å²) in [4.78, 5) is 25.2. The smallest absolute Gasteiger partial charge is 0.340 e. The molecular weight excluding hydrogens is 322 g/mol. The van der Waals surface area contributed by atoms with E-state index in [1.54, 1.807) is 20.1 Å². The second-order valence-electron chi connectivity index (χ2n) is 5.89. The highest BCUT2D eigenvalue weighted by molar-refractivity contribution is 6.03. The van der Waals surface area contributed by atoms with Crippen molar-refractivity contribution in [2.24, 2.45) is 5.73 Å². The number of allylic oxidation sites excluding steroid dienone is 2. The fourth-order valence-electron chi connectivity index (χ4n) is 3.38. The van der Waals surface area contributed by atoms with Gasteiger partial charge in [0.1, 0.15) is 17.1 Å². The van der Waals surface area contributed by atoms with Gasteiger partial charge in [-0.25, -0.2) is 4.79 Å². The van der Waals surface area contributed by atoms with Crippen molar-refractivity contribution >= 4 is 11.8 Å². The summed E-state index contributed by atoms with van der Waals surface area (Å²) in [7, 11) is 1.55. The van der Waals surface area contributed by atoms with Crippen molar-refractivity contribution in [1.82, 2.24) is 0 Å². The lowest BCUT2D eigenvalue weighted by Gasteiger charge is -2.32. The van der Waals surface area contributed by atoms with Gasteiger partial charge >= 0.3 is 5.97 Å². The summed E-state index contributed by atoms with van der Waals surface area (Å²) in [5.41, 5.74) is 7.38. The molecule has 1 aromatic rings. The number of carbonyl (C=O) groups is 2. The van der Waals surface area contributed by atoms with E-state index in [-0.39, 0.29) is 23.8 Å². The quantitative estimate of drug-likeness (QED) is 0.845. The summed E-state index contributed by atoms with van der Waals surface area (Å²) in [5, 5.41) is 0. The molecule has 0 aromatic heterocycles. The molecule has 1 aromatic carbocycles. The van der Waals surface area contributed by atoms with E-state index in [0.29, 0.717) is 41.9 Å². The molecule has 0 bridgehead atoms. The molecule has 0 unspecified atom stereocenters. The Morgan fingerprint density at radius 2 is 2.08 bits per heavy atom. The number of hydrogen-bond donors (Lipinski definition) is 1. The molecule has 132 valence electrons. The van der Waals surface area contributed by atoms with Crippen molar-refractivity contribution in [2.45, 2.75) is 32.1 Å². The molecule has 0 fully saturated rings. The van der Waals surface area contributed by atoms with Gasteiger partial charge in [-0.05, 0) is 19.4 Å². The number of esters is 1. The fourth-order valence-corrected chi connectivity index (χ4v) is 3.38. The first-order chi connectivity index (χ1) is 12.1. The average molecular weight is 343 g/mol. The lowest BCUT2D eigenvalue weighted by molar-refractivity contribution is -0.139. The fraction of sp³-hybridized carbons (Fsp3) is 0.368. The van der Waals surface area contributed by atoms with Crippen molar-refractivity contribution in [1.29, 1.82) is 0 Å². The Kier molecular flexibility index (Phi) is 4.79. The lowest BCUT2D eigenvalue weighted by atomic mass is 9.77.